The number of nitrogens with zero attached hydrogens (tertiary/aromatic N) is 5. The molecule has 0 spiro atoms. The fourth-order valence-electron chi connectivity index (χ4n) is 4.60. The summed E-state index contributed by atoms with van der Waals surface area (Å²) in [6, 6.07) is 6.70. The predicted octanol–water partition coefficient (Wildman–Crippen LogP) is 1.79. The number of pyridine rings is 1. The van der Waals surface area contributed by atoms with Gasteiger partial charge >= 0.3 is 0 Å². The number of hydrogen-bond donors (Lipinski definition) is 0. The van der Waals surface area contributed by atoms with E-state index in [9.17, 15) is 4.79 Å². The molecule has 4 rings (SSSR count). The third-order valence-corrected chi connectivity index (χ3v) is 5.55. The van der Waals surface area contributed by atoms with E-state index < -0.39 is 0 Å². The molecule has 2 aliphatic rings. The molecule has 6 nitrogen and oxygen atoms in total. The van der Waals surface area contributed by atoms with E-state index in [1.54, 1.807) is 13.1 Å². The van der Waals surface area contributed by atoms with Crippen molar-refractivity contribution < 1.29 is 4.79 Å². The lowest BCUT2D eigenvalue weighted by atomic mass is 9.92. The largest absolute Gasteiger partial charge is 0.335 e. The molecule has 132 valence electrons. The van der Waals surface area contributed by atoms with Gasteiger partial charge in [0.2, 0.25) is 5.91 Å². The maximum atomic E-state index is 12.3. The summed E-state index contributed by atoms with van der Waals surface area (Å²) in [5.74, 6) is 0.750. The molecule has 2 aromatic rings. The van der Waals surface area contributed by atoms with E-state index in [1.165, 1.54) is 5.56 Å². The van der Waals surface area contributed by atoms with Gasteiger partial charge in [-0.2, -0.15) is 5.10 Å². The Morgan fingerprint density at radius 2 is 2.24 bits per heavy atom. The smallest absolute Gasteiger partial charge is 0.220 e. The number of rotatable bonds is 4. The molecular weight excluding hydrogens is 314 g/mol. The Hall–Kier alpha value is -2.21. The first kappa shape index (κ1) is 16.3. The molecule has 0 radical (unpaired) electrons. The summed E-state index contributed by atoms with van der Waals surface area (Å²) in [4.78, 5) is 21.1. The number of amides is 1. The highest BCUT2D eigenvalue weighted by Gasteiger charge is 2.45. The van der Waals surface area contributed by atoms with Crippen molar-refractivity contribution in [2.75, 3.05) is 13.1 Å². The fraction of sp³-hybridized carbons (Fsp3) is 0.526. The zero-order valence-electron chi connectivity index (χ0n) is 14.7. The van der Waals surface area contributed by atoms with Gasteiger partial charge in [-0.1, -0.05) is 6.07 Å². The van der Waals surface area contributed by atoms with E-state index in [0.29, 0.717) is 12.0 Å². The van der Waals surface area contributed by atoms with E-state index in [4.69, 9.17) is 0 Å². The number of likely N-dealkylation sites (tertiary alicyclic amines) is 2. The number of carbonyl (C=O) groups excluding carboxylic acids is 1. The van der Waals surface area contributed by atoms with Crippen LogP contribution in [-0.2, 0) is 17.9 Å². The molecule has 0 unspecified atom stereocenters. The van der Waals surface area contributed by atoms with Crippen molar-refractivity contribution in [1.29, 1.82) is 0 Å². The molecular formula is C19H25N5O. The van der Waals surface area contributed by atoms with Gasteiger partial charge in [-0.3, -0.25) is 19.4 Å². The highest BCUT2D eigenvalue weighted by atomic mass is 16.2. The lowest BCUT2D eigenvalue weighted by Gasteiger charge is -2.38. The summed E-state index contributed by atoms with van der Waals surface area (Å²) in [5.41, 5.74) is 1.26. The van der Waals surface area contributed by atoms with Crippen LogP contribution in [0.5, 0.6) is 0 Å². The molecule has 2 aliphatic heterocycles. The Balaban J connectivity index is 1.44. The Labute approximate surface area is 148 Å². The average Bonchev–Trinajstić information content (AvgIpc) is 3.23. The summed E-state index contributed by atoms with van der Waals surface area (Å²) in [7, 11) is 0. The molecule has 25 heavy (non-hydrogen) atoms. The van der Waals surface area contributed by atoms with Crippen LogP contribution in [0.15, 0.2) is 43.0 Å². The van der Waals surface area contributed by atoms with Crippen molar-refractivity contribution in [3.05, 3.63) is 48.5 Å². The van der Waals surface area contributed by atoms with E-state index >= 15 is 0 Å². The molecule has 4 heterocycles. The molecule has 0 bridgehead atoms. The van der Waals surface area contributed by atoms with Crippen LogP contribution in [0.3, 0.4) is 0 Å². The minimum atomic E-state index is 0.199. The van der Waals surface area contributed by atoms with Crippen molar-refractivity contribution in [3.8, 4) is 0 Å². The van der Waals surface area contributed by atoms with Crippen LogP contribution in [-0.4, -0.2) is 55.6 Å². The standard InChI is InChI=1S/C19H25N5O/c1-15(25)24-18(14-23-8-3-7-21-23)10-17-13-22(9-5-19(17)24)12-16-4-2-6-20-11-16/h2-4,6-8,11,17-19H,5,9-10,12-14H2,1H3/t17-,18+,19+/m1/s1. The fourth-order valence-corrected chi connectivity index (χ4v) is 4.60. The number of piperidine rings is 1. The molecule has 0 N–H and O–H groups in total. The van der Waals surface area contributed by atoms with Gasteiger partial charge in [0.15, 0.2) is 0 Å². The molecule has 0 saturated carbocycles. The Kier molecular flexibility index (Phi) is 4.53. The molecule has 3 atom stereocenters. The highest BCUT2D eigenvalue weighted by Crippen LogP contribution is 2.36. The maximum absolute atomic E-state index is 12.3. The van der Waals surface area contributed by atoms with Gasteiger partial charge in [-0.15, -0.1) is 0 Å². The summed E-state index contributed by atoms with van der Waals surface area (Å²) in [6.07, 6.45) is 9.67. The first-order valence-electron chi connectivity index (χ1n) is 9.08. The highest BCUT2D eigenvalue weighted by molar-refractivity contribution is 5.74. The second-order valence-electron chi connectivity index (χ2n) is 7.26. The van der Waals surface area contributed by atoms with Gasteiger partial charge in [0.1, 0.15) is 0 Å². The summed E-state index contributed by atoms with van der Waals surface area (Å²) < 4.78 is 1.95. The number of aromatic nitrogens is 3. The Morgan fingerprint density at radius 3 is 2.96 bits per heavy atom. The van der Waals surface area contributed by atoms with Crippen molar-refractivity contribution >= 4 is 5.91 Å². The van der Waals surface area contributed by atoms with Crippen molar-refractivity contribution in [3.63, 3.8) is 0 Å². The molecule has 0 aliphatic carbocycles. The summed E-state index contributed by atoms with van der Waals surface area (Å²) in [6.45, 7) is 5.54. The van der Waals surface area contributed by atoms with Crippen LogP contribution in [0.25, 0.3) is 0 Å². The molecule has 6 heteroatoms. The van der Waals surface area contributed by atoms with Crippen LogP contribution in [0.1, 0.15) is 25.3 Å². The molecule has 0 aromatic carbocycles. The topological polar surface area (TPSA) is 54.3 Å². The summed E-state index contributed by atoms with van der Waals surface area (Å²) in [5, 5.41) is 4.32. The van der Waals surface area contributed by atoms with Gasteiger partial charge in [0, 0.05) is 57.4 Å². The second-order valence-corrected chi connectivity index (χ2v) is 7.26. The van der Waals surface area contributed by atoms with Crippen LogP contribution < -0.4 is 0 Å². The average molecular weight is 339 g/mol. The van der Waals surface area contributed by atoms with Gasteiger partial charge in [0.05, 0.1) is 12.6 Å². The van der Waals surface area contributed by atoms with Crippen LogP contribution in [0.4, 0.5) is 0 Å². The van der Waals surface area contributed by atoms with Gasteiger partial charge in [0.25, 0.3) is 0 Å². The van der Waals surface area contributed by atoms with Crippen molar-refractivity contribution in [2.45, 2.75) is 44.9 Å². The van der Waals surface area contributed by atoms with Crippen LogP contribution in [0, 0.1) is 5.92 Å². The normalized spacial score (nSPS) is 26.6. The van der Waals surface area contributed by atoms with Crippen molar-refractivity contribution in [1.82, 2.24) is 24.6 Å². The second kappa shape index (κ2) is 6.96. The van der Waals surface area contributed by atoms with Crippen molar-refractivity contribution in [2.24, 2.45) is 5.92 Å². The van der Waals surface area contributed by atoms with Crippen LogP contribution >= 0.6 is 0 Å². The first-order chi connectivity index (χ1) is 12.2. The zero-order valence-corrected chi connectivity index (χ0v) is 14.7. The molecule has 1 amide bonds. The number of carbonyl (C=O) groups is 1. The predicted molar refractivity (Wildman–Crippen MR) is 94.6 cm³/mol. The third-order valence-electron chi connectivity index (χ3n) is 5.55. The monoisotopic (exact) mass is 339 g/mol. The molecule has 2 saturated heterocycles. The quantitative estimate of drug-likeness (QED) is 0.852. The Bertz CT molecular complexity index is 702. The van der Waals surface area contributed by atoms with Gasteiger partial charge in [-0.25, -0.2) is 0 Å². The number of hydrogen-bond acceptors (Lipinski definition) is 4. The van der Waals surface area contributed by atoms with E-state index in [2.05, 4.69) is 25.9 Å². The minimum Gasteiger partial charge on any atom is -0.335 e. The van der Waals surface area contributed by atoms with Gasteiger partial charge in [-0.05, 0) is 36.5 Å². The SMILES string of the molecule is CC(=O)N1[C@H](Cn2cccn2)C[C@@H]2CN(Cc3cccnc3)CC[C@@H]21. The molecule has 2 fully saturated rings. The maximum Gasteiger partial charge on any atom is 0.220 e. The lowest BCUT2D eigenvalue weighted by molar-refractivity contribution is -0.133. The van der Waals surface area contributed by atoms with E-state index in [0.717, 1.165) is 39.0 Å². The molecule has 2 aromatic heterocycles. The Morgan fingerprint density at radius 1 is 1.32 bits per heavy atom. The zero-order chi connectivity index (χ0) is 17.2. The summed E-state index contributed by atoms with van der Waals surface area (Å²) >= 11 is 0. The van der Waals surface area contributed by atoms with Gasteiger partial charge < -0.3 is 4.90 Å². The van der Waals surface area contributed by atoms with E-state index in [-0.39, 0.29) is 11.9 Å². The van der Waals surface area contributed by atoms with E-state index in [1.807, 2.05) is 35.4 Å². The first-order valence-corrected chi connectivity index (χ1v) is 9.08. The lowest BCUT2D eigenvalue weighted by Crippen LogP contribution is -2.48. The van der Waals surface area contributed by atoms with Crippen LogP contribution in [0.2, 0.25) is 0 Å². The minimum absolute atomic E-state index is 0.199. The third kappa shape index (κ3) is 3.44. The number of fused-ring (bicyclic) bond motifs is 1.